The van der Waals surface area contributed by atoms with Gasteiger partial charge in [0.2, 0.25) is 0 Å². The third kappa shape index (κ3) is 28.9. The lowest BCUT2D eigenvalue weighted by Crippen LogP contribution is -2.66. The van der Waals surface area contributed by atoms with E-state index in [2.05, 4.69) is 245 Å². The number of esters is 1. The molecule has 16 nitrogen and oxygen atoms in total. The number of carbonyl (C=O) groups is 1. The number of aliphatic hydroxyl groups excluding tert-OH is 1. The summed E-state index contributed by atoms with van der Waals surface area (Å²) in [6.45, 7) is 57.0. The van der Waals surface area contributed by atoms with Gasteiger partial charge in [0.05, 0.1) is 112 Å². The molecule has 6 aromatic carbocycles. The van der Waals surface area contributed by atoms with Crippen LogP contribution in [0.1, 0.15) is 253 Å². The van der Waals surface area contributed by atoms with E-state index in [4.69, 9.17) is 58.3 Å². The van der Waals surface area contributed by atoms with Crippen molar-refractivity contribution in [3.05, 3.63) is 231 Å². The van der Waals surface area contributed by atoms with Gasteiger partial charge in [-0.15, -0.1) is 11.6 Å². The zero-order valence-electron chi connectivity index (χ0n) is 83.4. The molecule has 0 unspecified atom stereocenters. The standard InChI is InChI=1S/C53H75ClO7SSi.C53H74O7SSi.C6H12O2/c1-37(39(3)48(55)35-51-47(36-62(56,57)44-21-13-10-14-22-44)40(4)50(60-51)34-43-29-30-53(8,9)61-43)32-41(54)27-28-49-38(2)33-42(59-49)20-19-31-58-63(52(5,6)7,45-23-15-11-16-24-45)46-25-17-12-18-26-46;1-37-32-42(27-28-48-38(2)33-41(57-48)20-19-31-56-62(52(5,6)7,45-23-15-11-16-24-45)46-25-17-12-18-26-46)58-50(39(37)3)35-51-47(36-61(54,55)44-21-13-10-14-22-44)40(4)49(59-51)34-43-29-30-53(8,9)60-43;1-5(7)8-6(2,3)4/h10-18,21-26,37,40-43,47-51,55H,2-3,19-20,27-36H2,1,4-9H3;10-18,21-26,37,40-43,47-51H,2-3,19-20,27-36H2,1,4-9H3;1-4H3/t37-,40-,41+,42+,43-,47-,48-,49+,50-,51+;37-,40-,41+,42+,43-,47-,48+,49-,50-,51+;/m11./s1. The first-order valence-corrected chi connectivity index (χ1v) is 57.2. The van der Waals surface area contributed by atoms with E-state index in [9.17, 15) is 26.7 Å². The molecule has 0 amide bonds. The lowest BCUT2D eigenvalue weighted by Gasteiger charge is -2.43. The molecule has 0 saturated carbocycles. The van der Waals surface area contributed by atoms with Crippen LogP contribution in [-0.4, -0.2) is 171 Å². The Morgan fingerprint density at radius 3 is 1.25 bits per heavy atom. The Kier molecular flexibility index (Phi) is 37.8. The molecule has 7 heterocycles. The summed E-state index contributed by atoms with van der Waals surface area (Å²) < 4.78 is 121. The van der Waals surface area contributed by atoms with Gasteiger partial charge >= 0.3 is 5.97 Å². The maximum atomic E-state index is 13.8. The molecule has 7 aliphatic heterocycles. The quantitative estimate of drug-likeness (QED) is 0.0126. The average Bonchev–Trinajstić information content (AvgIpc) is 1.32. The highest BCUT2D eigenvalue weighted by Gasteiger charge is 2.54. The molecule has 1 N–H and O–H groups in total. The van der Waals surface area contributed by atoms with Gasteiger partial charge in [-0.2, -0.15) is 0 Å². The molecule has 7 aliphatic rings. The summed E-state index contributed by atoms with van der Waals surface area (Å²) in [6.07, 6.45) is 14.9. The third-order valence-electron chi connectivity index (χ3n) is 29.3. The highest BCUT2D eigenvalue weighted by atomic mass is 35.5. The number of ether oxygens (including phenoxy) is 8. The van der Waals surface area contributed by atoms with Gasteiger partial charge in [-0.3, -0.25) is 4.79 Å². The van der Waals surface area contributed by atoms with Crippen molar-refractivity contribution >= 4 is 74.6 Å². The molecule has 21 heteroatoms. The van der Waals surface area contributed by atoms with Gasteiger partial charge in [-0.05, 0) is 252 Å². The molecule has 0 aliphatic carbocycles. The zero-order valence-corrected chi connectivity index (χ0v) is 87.8. The predicted octanol–water partition coefficient (Wildman–Crippen LogP) is 22.4. The number of hydrogen-bond donors (Lipinski definition) is 1. The molecular weight excluding hydrogens is 1760 g/mol. The molecule has 6 aromatic rings. The fraction of sp³-hybridized carbons (Fsp3) is 0.598. The second-order valence-corrected chi connectivity index (χ2v) is 57.1. The minimum Gasteiger partial charge on any atom is -0.460 e. The van der Waals surface area contributed by atoms with Crippen molar-refractivity contribution in [3.63, 3.8) is 0 Å². The largest absolute Gasteiger partial charge is 0.460 e. The van der Waals surface area contributed by atoms with Crippen LogP contribution in [0.2, 0.25) is 10.1 Å². The van der Waals surface area contributed by atoms with E-state index >= 15 is 0 Å². The smallest absolute Gasteiger partial charge is 0.303 e. The molecule has 0 spiro atoms. The summed E-state index contributed by atoms with van der Waals surface area (Å²) in [5.41, 5.74) is 3.44. The topological polar surface area (TPSA) is 198 Å². The highest BCUT2D eigenvalue weighted by Crippen LogP contribution is 2.48. The van der Waals surface area contributed by atoms with Crippen molar-refractivity contribution in [1.82, 2.24) is 0 Å². The maximum Gasteiger partial charge on any atom is 0.303 e. The minimum atomic E-state index is -3.58. The molecule has 13 rings (SSSR count). The SMILES string of the molecule is C=C([C@H](C)C[C@@H](Cl)CC[C@@H]1O[C@@H](CCCO[Si](c2ccccc2)(c2ccccc2)C(C)(C)C)CC1=C)[C@H](O)C[C@@H]1O[C@H](C[C@H]2CCC(C)(C)O2)[C@H](C)[C@H]1CS(=O)(=O)c1ccccc1.C=C1C[C@H](CCCO[Si](c2ccccc2)(c2ccccc2)C(C)(C)C)O[C@H]1CC[C@H]1C[C@@H](C)C(=C)[C@@H](C[C@@H]2O[C@H](C[C@H]3CCC(C)(C)O3)[C@H](C)[C@H]2CS(=O)(=O)c2ccccc2)O1.CC(=O)OC(C)(C)C. The number of sulfone groups is 2. The zero-order chi connectivity index (χ0) is 96.7. The van der Waals surface area contributed by atoms with Gasteiger partial charge in [-0.1, -0.05) is 253 Å². The van der Waals surface area contributed by atoms with E-state index in [0.717, 1.165) is 114 Å². The Morgan fingerprint density at radius 2 is 0.880 bits per heavy atom. The third-order valence-corrected chi connectivity index (χ3v) is 43.4. The van der Waals surface area contributed by atoms with Crippen molar-refractivity contribution < 1.29 is 73.5 Å². The predicted molar refractivity (Wildman–Crippen MR) is 545 cm³/mol. The second-order valence-electron chi connectivity index (χ2n) is 43.9. The van der Waals surface area contributed by atoms with Crippen LogP contribution in [0.15, 0.2) is 240 Å². The Balaban J connectivity index is 0.000000237. The van der Waals surface area contributed by atoms with Crippen LogP contribution in [0.3, 0.4) is 0 Å². The van der Waals surface area contributed by atoms with E-state index in [1.807, 2.05) is 32.9 Å². The Bertz CT molecular complexity index is 4850. The van der Waals surface area contributed by atoms with Gasteiger partial charge in [0.1, 0.15) is 5.60 Å². The molecule has 0 radical (unpaired) electrons. The van der Waals surface area contributed by atoms with Crippen LogP contribution in [0.5, 0.6) is 0 Å². The molecule has 732 valence electrons. The number of aliphatic hydroxyl groups is 1. The van der Waals surface area contributed by atoms with E-state index in [-0.39, 0.29) is 159 Å². The second kappa shape index (κ2) is 46.8. The van der Waals surface area contributed by atoms with Crippen molar-refractivity contribution in [2.75, 3.05) is 24.7 Å². The lowest BCUT2D eigenvalue weighted by molar-refractivity contribution is -0.151. The summed E-state index contributed by atoms with van der Waals surface area (Å²) in [4.78, 5) is 10.9. The van der Waals surface area contributed by atoms with E-state index < -0.39 is 48.5 Å². The molecule has 133 heavy (non-hydrogen) atoms. The number of alkyl halides is 1. The van der Waals surface area contributed by atoms with Crippen LogP contribution in [-0.2, 0) is 71.2 Å². The molecular formula is C112H161ClO16S2Si2. The van der Waals surface area contributed by atoms with Crippen LogP contribution < -0.4 is 20.7 Å². The Labute approximate surface area is 807 Å². The summed E-state index contributed by atoms with van der Waals surface area (Å²) in [5.74, 6) is -0.421. The number of hydrogen-bond acceptors (Lipinski definition) is 16. The Hall–Kier alpha value is -6.03. The number of halogens is 1. The van der Waals surface area contributed by atoms with Crippen LogP contribution >= 0.6 is 11.6 Å². The highest BCUT2D eigenvalue weighted by molar-refractivity contribution is 7.91. The fourth-order valence-corrected chi connectivity index (χ4v) is 35.2. The van der Waals surface area contributed by atoms with Gasteiger partial charge in [0.15, 0.2) is 19.7 Å². The molecule has 7 fully saturated rings. The van der Waals surface area contributed by atoms with Crippen LogP contribution in [0.25, 0.3) is 0 Å². The maximum absolute atomic E-state index is 13.8. The van der Waals surface area contributed by atoms with Crippen LogP contribution in [0, 0.1) is 35.5 Å². The average molecular weight is 1920 g/mol. The van der Waals surface area contributed by atoms with E-state index in [0.29, 0.717) is 47.8 Å². The van der Waals surface area contributed by atoms with Crippen LogP contribution in [0.4, 0.5) is 0 Å². The molecule has 0 aromatic heterocycles. The first-order chi connectivity index (χ1) is 62.7. The van der Waals surface area contributed by atoms with Crippen molar-refractivity contribution in [3.8, 4) is 0 Å². The summed E-state index contributed by atoms with van der Waals surface area (Å²) in [5, 5.41) is 16.6. The first-order valence-electron chi connectivity index (χ1n) is 49.6. The molecule has 7 saturated heterocycles. The summed E-state index contributed by atoms with van der Waals surface area (Å²) >= 11 is 7.01. The number of carbonyl (C=O) groups excluding carboxylic acids is 1. The monoisotopic (exact) mass is 1920 g/mol. The summed E-state index contributed by atoms with van der Waals surface area (Å²) in [6, 6.07) is 60.7. The van der Waals surface area contributed by atoms with Gasteiger partial charge in [0.25, 0.3) is 16.6 Å². The van der Waals surface area contributed by atoms with E-state index in [1.165, 1.54) is 33.2 Å². The first kappa shape index (κ1) is 107. The van der Waals surface area contributed by atoms with E-state index in [1.54, 1.807) is 48.5 Å². The minimum absolute atomic E-state index is 0.00946. The van der Waals surface area contributed by atoms with Gasteiger partial charge < -0.3 is 51.9 Å². The number of benzene rings is 6. The van der Waals surface area contributed by atoms with Gasteiger partial charge in [-0.25, -0.2) is 16.8 Å². The van der Waals surface area contributed by atoms with Crippen molar-refractivity contribution in [1.29, 1.82) is 0 Å². The van der Waals surface area contributed by atoms with Crippen molar-refractivity contribution in [2.45, 2.75) is 374 Å². The lowest BCUT2D eigenvalue weighted by atomic mass is 9.82. The Morgan fingerprint density at radius 1 is 0.504 bits per heavy atom. The van der Waals surface area contributed by atoms with Crippen molar-refractivity contribution in [2.24, 2.45) is 35.5 Å². The molecule has 0 bridgehead atoms. The normalized spacial score (nSPS) is 27.6. The number of rotatable bonds is 38. The molecule has 20 atom stereocenters. The van der Waals surface area contributed by atoms with Gasteiger partial charge in [0, 0.05) is 63.0 Å². The fourth-order valence-electron chi connectivity index (χ4n) is 22.0. The summed E-state index contributed by atoms with van der Waals surface area (Å²) in [7, 11) is -12.3.